The molecule has 1 aromatic carbocycles. The van der Waals surface area contributed by atoms with Gasteiger partial charge in [0.1, 0.15) is 23.0 Å². The van der Waals surface area contributed by atoms with Gasteiger partial charge in [0.05, 0.1) is 10.4 Å². The van der Waals surface area contributed by atoms with Gasteiger partial charge in [-0.25, -0.2) is 0 Å². The van der Waals surface area contributed by atoms with E-state index >= 15 is 0 Å². The Labute approximate surface area is 122 Å². The molecule has 3 unspecified atom stereocenters. The van der Waals surface area contributed by atoms with E-state index in [0.29, 0.717) is 22.4 Å². The lowest BCUT2D eigenvalue weighted by Gasteiger charge is -2.40. The van der Waals surface area contributed by atoms with E-state index in [2.05, 4.69) is 6.92 Å². The van der Waals surface area contributed by atoms with Crippen LogP contribution in [0.15, 0.2) is 18.2 Å². The number of hydrogen-bond donors (Lipinski definition) is 0. The summed E-state index contributed by atoms with van der Waals surface area (Å²) in [6.07, 6.45) is 1.61. The van der Waals surface area contributed by atoms with Gasteiger partial charge in [-0.15, -0.1) is 11.6 Å². The van der Waals surface area contributed by atoms with E-state index in [1.165, 1.54) is 0 Å². The molecule has 0 saturated heterocycles. The van der Waals surface area contributed by atoms with Crippen molar-refractivity contribution in [3.63, 3.8) is 0 Å². The number of rotatable bonds is 5. The van der Waals surface area contributed by atoms with Crippen molar-refractivity contribution in [1.82, 2.24) is 0 Å². The molecule has 0 N–H and O–H groups in total. The van der Waals surface area contributed by atoms with Crippen LogP contribution in [0.3, 0.4) is 0 Å². The molecule has 1 aliphatic rings. The van der Waals surface area contributed by atoms with Crippen LogP contribution < -0.4 is 4.74 Å². The Bertz CT molecular complexity index is 411. The first kappa shape index (κ1) is 14.3. The molecule has 1 fully saturated rings. The number of halogens is 3. The second-order valence-corrected chi connectivity index (χ2v) is 5.64. The van der Waals surface area contributed by atoms with Crippen molar-refractivity contribution in [2.45, 2.75) is 37.4 Å². The zero-order chi connectivity index (χ0) is 13.1. The van der Waals surface area contributed by atoms with Crippen LogP contribution in [-0.2, 0) is 4.74 Å². The summed E-state index contributed by atoms with van der Waals surface area (Å²) in [6, 6.07) is 5.34. The quantitative estimate of drug-likeness (QED) is 0.743. The number of hydrogen-bond acceptors (Lipinski definition) is 2. The molecular formula is C13H15Cl3O2. The Kier molecular flexibility index (Phi) is 5.02. The van der Waals surface area contributed by atoms with E-state index in [9.17, 15) is 0 Å². The standard InChI is InChI=1S/C13H15Cl3O2/c1-2-6-17-13-9(15)7-11(13)18-10-5-3-4-8(14)12(10)16/h3-5,9,11,13H,2,6-7H2,1H3. The highest BCUT2D eigenvalue weighted by molar-refractivity contribution is 6.42. The summed E-state index contributed by atoms with van der Waals surface area (Å²) in [5.74, 6) is 0.586. The topological polar surface area (TPSA) is 18.5 Å². The van der Waals surface area contributed by atoms with Gasteiger partial charge in [0.15, 0.2) is 0 Å². The second kappa shape index (κ2) is 6.33. The zero-order valence-electron chi connectivity index (χ0n) is 10.0. The molecule has 3 atom stereocenters. The van der Waals surface area contributed by atoms with Crippen molar-refractivity contribution < 1.29 is 9.47 Å². The molecule has 100 valence electrons. The molecule has 0 aliphatic heterocycles. The van der Waals surface area contributed by atoms with Crippen LogP contribution in [0.2, 0.25) is 10.0 Å². The first-order valence-electron chi connectivity index (χ1n) is 5.99. The molecule has 2 nitrogen and oxygen atoms in total. The summed E-state index contributed by atoms with van der Waals surface area (Å²) in [4.78, 5) is 0. The van der Waals surface area contributed by atoms with Gasteiger partial charge in [0, 0.05) is 13.0 Å². The molecule has 0 heterocycles. The molecular weight excluding hydrogens is 294 g/mol. The Balaban J connectivity index is 1.99. The molecule has 18 heavy (non-hydrogen) atoms. The van der Waals surface area contributed by atoms with Crippen molar-refractivity contribution in [3.8, 4) is 5.75 Å². The fourth-order valence-corrected chi connectivity index (χ4v) is 2.59. The first-order valence-corrected chi connectivity index (χ1v) is 7.19. The second-order valence-electron chi connectivity index (χ2n) is 4.30. The predicted octanol–water partition coefficient (Wildman–Crippen LogP) is 4.55. The number of alkyl halides is 1. The smallest absolute Gasteiger partial charge is 0.139 e. The molecule has 1 aromatic rings. The maximum absolute atomic E-state index is 6.12. The summed E-state index contributed by atoms with van der Waals surface area (Å²) in [5.41, 5.74) is 0. The monoisotopic (exact) mass is 308 g/mol. The third-order valence-corrected chi connectivity index (χ3v) is 4.12. The highest BCUT2D eigenvalue weighted by Crippen LogP contribution is 2.37. The molecule has 0 radical (unpaired) electrons. The predicted molar refractivity (Wildman–Crippen MR) is 75.2 cm³/mol. The van der Waals surface area contributed by atoms with Gasteiger partial charge in [-0.05, 0) is 18.6 Å². The van der Waals surface area contributed by atoms with Crippen LogP contribution in [0.5, 0.6) is 5.75 Å². The van der Waals surface area contributed by atoms with E-state index < -0.39 is 0 Å². The van der Waals surface area contributed by atoms with Crippen molar-refractivity contribution in [3.05, 3.63) is 28.2 Å². The van der Waals surface area contributed by atoms with E-state index in [1.54, 1.807) is 12.1 Å². The van der Waals surface area contributed by atoms with Crippen molar-refractivity contribution in [2.75, 3.05) is 6.61 Å². The third-order valence-electron chi connectivity index (χ3n) is 2.89. The van der Waals surface area contributed by atoms with E-state index in [0.717, 1.165) is 12.8 Å². The minimum Gasteiger partial charge on any atom is -0.486 e. The Morgan fingerprint density at radius 3 is 2.78 bits per heavy atom. The maximum atomic E-state index is 6.12. The lowest BCUT2D eigenvalue weighted by Crippen LogP contribution is -2.52. The average Bonchev–Trinajstić information content (AvgIpc) is 2.34. The fraction of sp³-hybridized carbons (Fsp3) is 0.538. The molecule has 2 rings (SSSR count). The van der Waals surface area contributed by atoms with Crippen molar-refractivity contribution in [2.24, 2.45) is 0 Å². The first-order chi connectivity index (χ1) is 8.63. The van der Waals surface area contributed by atoms with Gasteiger partial charge in [0.2, 0.25) is 0 Å². The normalized spacial score (nSPS) is 26.8. The van der Waals surface area contributed by atoms with Gasteiger partial charge in [0.25, 0.3) is 0 Å². The minimum atomic E-state index is -0.0679. The SMILES string of the molecule is CCCOC1C(Cl)CC1Oc1cccc(Cl)c1Cl. The van der Waals surface area contributed by atoms with Crippen molar-refractivity contribution >= 4 is 34.8 Å². The summed E-state index contributed by atoms with van der Waals surface area (Å²) < 4.78 is 11.5. The lowest BCUT2D eigenvalue weighted by molar-refractivity contribution is -0.0797. The maximum Gasteiger partial charge on any atom is 0.139 e. The van der Waals surface area contributed by atoms with E-state index in [4.69, 9.17) is 44.3 Å². The molecule has 0 bridgehead atoms. The molecule has 0 amide bonds. The van der Waals surface area contributed by atoms with Crippen LogP contribution >= 0.6 is 34.8 Å². The van der Waals surface area contributed by atoms with Crippen LogP contribution in [0.25, 0.3) is 0 Å². The van der Waals surface area contributed by atoms with Gasteiger partial charge >= 0.3 is 0 Å². The number of benzene rings is 1. The van der Waals surface area contributed by atoms with Crippen LogP contribution in [0.1, 0.15) is 19.8 Å². The molecule has 0 aromatic heterocycles. The van der Waals surface area contributed by atoms with Crippen LogP contribution in [0.4, 0.5) is 0 Å². The molecule has 1 aliphatic carbocycles. The van der Waals surface area contributed by atoms with Crippen LogP contribution in [0, 0.1) is 0 Å². The molecule has 1 saturated carbocycles. The van der Waals surface area contributed by atoms with Crippen LogP contribution in [-0.4, -0.2) is 24.2 Å². The van der Waals surface area contributed by atoms with Gasteiger partial charge in [-0.2, -0.15) is 0 Å². The largest absolute Gasteiger partial charge is 0.486 e. The molecule has 5 heteroatoms. The third kappa shape index (κ3) is 3.05. The summed E-state index contributed by atoms with van der Waals surface area (Å²) in [5, 5.41) is 0.938. The highest BCUT2D eigenvalue weighted by Gasteiger charge is 2.43. The summed E-state index contributed by atoms with van der Waals surface area (Å²) in [6.45, 7) is 2.75. The zero-order valence-corrected chi connectivity index (χ0v) is 12.3. The van der Waals surface area contributed by atoms with E-state index in [1.807, 2.05) is 6.07 Å². The Hall–Kier alpha value is -0.150. The molecule has 0 spiro atoms. The Morgan fingerprint density at radius 2 is 2.11 bits per heavy atom. The van der Waals surface area contributed by atoms with Gasteiger partial charge < -0.3 is 9.47 Å². The number of ether oxygens (including phenoxy) is 2. The van der Waals surface area contributed by atoms with Gasteiger partial charge in [-0.1, -0.05) is 36.2 Å². The average molecular weight is 310 g/mol. The summed E-state index contributed by atoms with van der Waals surface area (Å²) >= 11 is 18.1. The Morgan fingerprint density at radius 1 is 1.33 bits per heavy atom. The van der Waals surface area contributed by atoms with Crippen molar-refractivity contribution in [1.29, 1.82) is 0 Å². The summed E-state index contributed by atoms with van der Waals surface area (Å²) in [7, 11) is 0. The fourth-order valence-electron chi connectivity index (χ4n) is 1.85. The van der Waals surface area contributed by atoms with Gasteiger partial charge in [-0.3, -0.25) is 0 Å². The highest BCUT2D eigenvalue weighted by atomic mass is 35.5. The minimum absolute atomic E-state index is 0.0134. The lowest BCUT2D eigenvalue weighted by atomic mass is 9.91. The van der Waals surface area contributed by atoms with E-state index in [-0.39, 0.29) is 17.6 Å².